The van der Waals surface area contributed by atoms with Crippen molar-refractivity contribution in [3.8, 4) is 0 Å². The topological polar surface area (TPSA) is 60.9 Å². The second-order valence-electron chi connectivity index (χ2n) is 7.42. The first-order valence-corrected chi connectivity index (χ1v) is 9.94. The zero-order valence-corrected chi connectivity index (χ0v) is 16.4. The molecule has 2 aromatic carbocycles. The van der Waals surface area contributed by atoms with E-state index in [0.29, 0.717) is 31.6 Å². The van der Waals surface area contributed by atoms with Crippen LogP contribution in [-0.2, 0) is 9.59 Å². The highest BCUT2D eigenvalue weighted by atomic mass is 19.1. The molecule has 0 spiro atoms. The zero-order valence-electron chi connectivity index (χ0n) is 16.4. The molecule has 0 unspecified atom stereocenters. The number of amides is 4. The maximum Gasteiger partial charge on any atom is 0.332 e. The molecule has 0 aromatic heterocycles. The number of halogens is 1. The molecule has 2 saturated heterocycles. The highest BCUT2D eigenvalue weighted by Crippen LogP contribution is 2.26. The molecule has 0 N–H and O–H groups in total. The van der Waals surface area contributed by atoms with E-state index in [1.165, 1.54) is 23.1 Å². The number of imide groups is 1. The number of urea groups is 1. The molecule has 4 amide bonds. The van der Waals surface area contributed by atoms with Gasteiger partial charge in [-0.15, -0.1) is 0 Å². The van der Waals surface area contributed by atoms with Crippen molar-refractivity contribution in [2.24, 2.45) is 0 Å². The van der Waals surface area contributed by atoms with Crippen molar-refractivity contribution in [3.63, 3.8) is 0 Å². The number of hydrogen-bond donors (Lipinski definition) is 0. The summed E-state index contributed by atoms with van der Waals surface area (Å²) in [6.07, 6.45) is 4.39. The molecule has 0 atom stereocenters. The van der Waals surface area contributed by atoms with Crippen LogP contribution in [0.5, 0.6) is 0 Å². The minimum atomic E-state index is -0.318. The van der Waals surface area contributed by atoms with Crippen molar-refractivity contribution in [1.29, 1.82) is 0 Å². The van der Waals surface area contributed by atoms with Gasteiger partial charge in [0.1, 0.15) is 12.4 Å². The Labute approximate surface area is 174 Å². The van der Waals surface area contributed by atoms with Gasteiger partial charge in [-0.05, 0) is 48.7 Å². The van der Waals surface area contributed by atoms with Crippen LogP contribution in [0.15, 0.2) is 60.7 Å². The van der Waals surface area contributed by atoms with Gasteiger partial charge in [-0.25, -0.2) is 14.1 Å². The van der Waals surface area contributed by atoms with Gasteiger partial charge in [0, 0.05) is 25.2 Å². The Kier molecular flexibility index (Phi) is 5.61. The molecule has 2 aliphatic rings. The van der Waals surface area contributed by atoms with E-state index in [2.05, 4.69) is 0 Å². The minimum Gasteiger partial charge on any atom is -0.339 e. The maximum absolute atomic E-state index is 13.0. The summed E-state index contributed by atoms with van der Waals surface area (Å²) >= 11 is 0. The number of hydrogen-bond acceptors (Lipinski definition) is 3. The van der Waals surface area contributed by atoms with E-state index in [4.69, 9.17) is 0 Å². The summed E-state index contributed by atoms with van der Waals surface area (Å²) in [7, 11) is 0. The third-order valence-corrected chi connectivity index (χ3v) is 5.51. The number of piperidine rings is 1. The number of carbonyl (C=O) groups is 3. The number of nitrogens with zero attached hydrogens (tertiary/aromatic N) is 3. The van der Waals surface area contributed by atoms with Crippen LogP contribution in [-0.4, -0.2) is 53.3 Å². The molecule has 30 heavy (non-hydrogen) atoms. The van der Waals surface area contributed by atoms with Crippen molar-refractivity contribution >= 4 is 29.6 Å². The predicted octanol–water partition coefficient (Wildman–Crippen LogP) is 3.30. The predicted molar refractivity (Wildman–Crippen MR) is 111 cm³/mol. The lowest BCUT2D eigenvalue weighted by Gasteiger charge is -2.35. The molecule has 2 aliphatic heterocycles. The minimum absolute atomic E-state index is 0.0663. The SMILES string of the molecule is O=C(C=Cc1ccc(F)cc1)N1CCC(N2CC(=O)N(c3ccccc3)C2=O)CC1. The fraction of sp³-hybridized carbons (Fsp3) is 0.261. The number of para-hydroxylation sites is 1. The first-order chi connectivity index (χ1) is 14.5. The third kappa shape index (κ3) is 4.10. The first-order valence-electron chi connectivity index (χ1n) is 9.94. The number of benzene rings is 2. The number of carbonyl (C=O) groups excluding carboxylic acids is 3. The molecule has 0 bridgehead atoms. The standard InChI is InChI=1S/C23H22FN3O3/c24-18-9-6-17(7-10-18)8-11-21(28)25-14-12-19(13-15-25)26-16-22(29)27(23(26)30)20-4-2-1-3-5-20/h1-11,19H,12-16H2. The summed E-state index contributed by atoms with van der Waals surface area (Å²) < 4.78 is 13.0. The molecule has 0 radical (unpaired) electrons. The van der Waals surface area contributed by atoms with E-state index < -0.39 is 0 Å². The van der Waals surface area contributed by atoms with Crippen LogP contribution in [0.4, 0.5) is 14.9 Å². The van der Waals surface area contributed by atoms with Crippen molar-refractivity contribution in [2.45, 2.75) is 18.9 Å². The Morgan fingerprint density at radius 1 is 0.967 bits per heavy atom. The van der Waals surface area contributed by atoms with Crippen molar-refractivity contribution in [1.82, 2.24) is 9.80 Å². The summed E-state index contributed by atoms with van der Waals surface area (Å²) in [5, 5.41) is 0. The van der Waals surface area contributed by atoms with Crippen molar-refractivity contribution in [3.05, 3.63) is 72.1 Å². The van der Waals surface area contributed by atoms with Crippen LogP contribution in [0, 0.1) is 5.82 Å². The van der Waals surface area contributed by atoms with Gasteiger partial charge in [0.05, 0.1) is 5.69 Å². The van der Waals surface area contributed by atoms with Crippen molar-refractivity contribution in [2.75, 3.05) is 24.5 Å². The van der Waals surface area contributed by atoms with E-state index in [-0.39, 0.29) is 36.2 Å². The normalized spacial score (nSPS) is 18.0. The van der Waals surface area contributed by atoms with Gasteiger partial charge in [-0.3, -0.25) is 9.59 Å². The largest absolute Gasteiger partial charge is 0.339 e. The van der Waals surface area contributed by atoms with Crippen LogP contribution in [0.2, 0.25) is 0 Å². The zero-order chi connectivity index (χ0) is 21.1. The summed E-state index contributed by atoms with van der Waals surface area (Å²) in [5.41, 5.74) is 1.33. The van der Waals surface area contributed by atoms with Gasteiger partial charge < -0.3 is 9.80 Å². The number of rotatable bonds is 4. The molecule has 0 aliphatic carbocycles. The highest BCUT2D eigenvalue weighted by Gasteiger charge is 2.41. The summed E-state index contributed by atoms with van der Waals surface area (Å²) in [6, 6.07) is 14.5. The molecule has 4 rings (SSSR count). The van der Waals surface area contributed by atoms with Crippen LogP contribution >= 0.6 is 0 Å². The highest BCUT2D eigenvalue weighted by molar-refractivity contribution is 6.19. The third-order valence-electron chi connectivity index (χ3n) is 5.51. The second-order valence-corrected chi connectivity index (χ2v) is 7.42. The van der Waals surface area contributed by atoms with Gasteiger partial charge in [-0.2, -0.15) is 0 Å². The second kappa shape index (κ2) is 8.49. The fourth-order valence-corrected chi connectivity index (χ4v) is 3.88. The molecular weight excluding hydrogens is 385 g/mol. The lowest BCUT2D eigenvalue weighted by atomic mass is 10.0. The summed E-state index contributed by atoms with van der Waals surface area (Å²) in [6.45, 7) is 1.10. The molecular formula is C23H22FN3O3. The molecule has 7 heteroatoms. The van der Waals surface area contributed by atoms with Gasteiger partial charge in [0.25, 0.3) is 5.91 Å². The van der Waals surface area contributed by atoms with Gasteiger partial charge in [0.15, 0.2) is 0 Å². The van der Waals surface area contributed by atoms with Gasteiger partial charge in [0.2, 0.25) is 5.91 Å². The van der Waals surface area contributed by atoms with E-state index in [1.807, 2.05) is 6.07 Å². The van der Waals surface area contributed by atoms with E-state index in [1.54, 1.807) is 52.3 Å². The Balaban J connectivity index is 1.34. The Morgan fingerprint density at radius 3 is 2.30 bits per heavy atom. The van der Waals surface area contributed by atoms with Crippen molar-refractivity contribution < 1.29 is 18.8 Å². The average molecular weight is 407 g/mol. The van der Waals surface area contributed by atoms with Gasteiger partial charge >= 0.3 is 6.03 Å². The molecule has 2 heterocycles. The first kappa shape index (κ1) is 19.8. The molecule has 6 nitrogen and oxygen atoms in total. The Bertz CT molecular complexity index is 967. The molecule has 2 aromatic rings. The van der Waals surface area contributed by atoms with Crippen LogP contribution in [0.1, 0.15) is 18.4 Å². The van der Waals surface area contributed by atoms with Crippen LogP contribution in [0.3, 0.4) is 0 Å². The van der Waals surface area contributed by atoms with E-state index >= 15 is 0 Å². The molecule has 2 fully saturated rings. The lowest BCUT2D eigenvalue weighted by molar-refractivity contribution is -0.127. The quantitative estimate of drug-likeness (QED) is 0.577. The smallest absolute Gasteiger partial charge is 0.332 e. The number of likely N-dealkylation sites (tertiary alicyclic amines) is 1. The number of anilines is 1. The lowest BCUT2D eigenvalue weighted by Crippen LogP contribution is -2.47. The summed E-state index contributed by atoms with van der Waals surface area (Å²) in [4.78, 5) is 42.3. The monoisotopic (exact) mass is 407 g/mol. The molecule has 154 valence electrons. The Morgan fingerprint density at radius 2 is 1.63 bits per heavy atom. The van der Waals surface area contributed by atoms with E-state index in [0.717, 1.165) is 5.56 Å². The van der Waals surface area contributed by atoms with Crippen LogP contribution < -0.4 is 4.90 Å². The van der Waals surface area contributed by atoms with Gasteiger partial charge in [-0.1, -0.05) is 30.3 Å². The van der Waals surface area contributed by atoms with E-state index in [9.17, 15) is 18.8 Å². The fourth-order valence-electron chi connectivity index (χ4n) is 3.88. The van der Waals surface area contributed by atoms with Crippen LogP contribution in [0.25, 0.3) is 6.08 Å². The summed E-state index contributed by atoms with van der Waals surface area (Å²) in [5.74, 6) is -0.666. The Hall–Kier alpha value is -3.48. The average Bonchev–Trinajstić information content (AvgIpc) is 3.07. The molecule has 0 saturated carbocycles. The maximum atomic E-state index is 13.0.